The standard InChI is InChI=1S/C18H21N5O3S/c24-15-3-1-2-6-22(15)10-16(25)23-7-4-13-14(9-23)20-21-17(13)18(26)19-12-5-8-27-11-12/h1-3,6,12H,4-5,7-11H2,(H,19,26)(H,20,21). The van der Waals surface area contributed by atoms with Crippen molar-refractivity contribution >= 4 is 23.6 Å². The van der Waals surface area contributed by atoms with Gasteiger partial charge in [-0.25, -0.2) is 0 Å². The van der Waals surface area contributed by atoms with E-state index in [4.69, 9.17) is 0 Å². The number of fused-ring (bicyclic) bond motifs is 1. The minimum Gasteiger partial charge on any atom is -0.347 e. The second-order valence-corrected chi connectivity index (χ2v) is 7.95. The van der Waals surface area contributed by atoms with Crippen LogP contribution < -0.4 is 10.9 Å². The summed E-state index contributed by atoms with van der Waals surface area (Å²) in [7, 11) is 0. The average Bonchev–Trinajstić information content (AvgIpc) is 3.32. The van der Waals surface area contributed by atoms with Gasteiger partial charge in [0.25, 0.3) is 11.5 Å². The molecule has 2 aromatic rings. The molecule has 0 spiro atoms. The molecule has 2 amide bonds. The van der Waals surface area contributed by atoms with Gasteiger partial charge in [0.05, 0.1) is 12.2 Å². The van der Waals surface area contributed by atoms with Crippen molar-refractivity contribution in [1.82, 2.24) is 25.0 Å². The predicted octanol–water partition coefficient (Wildman–Crippen LogP) is 0.392. The van der Waals surface area contributed by atoms with Crippen molar-refractivity contribution in [2.75, 3.05) is 18.1 Å². The summed E-state index contributed by atoms with van der Waals surface area (Å²) in [6.45, 7) is 0.887. The fourth-order valence-electron chi connectivity index (χ4n) is 3.46. The molecule has 0 radical (unpaired) electrons. The number of pyridine rings is 1. The first-order valence-electron chi connectivity index (χ1n) is 9.00. The zero-order chi connectivity index (χ0) is 18.8. The lowest BCUT2D eigenvalue weighted by atomic mass is 10.0. The molecule has 2 aromatic heterocycles. The van der Waals surface area contributed by atoms with Gasteiger partial charge >= 0.3 is 0 Å². The molecule has 2 N–H and O–H groups in total. The highest BCUT2D eigenvalue weighted by atomic mass is 32.2. The molecule has 9 heteroatoms. The van der Waals surface area contributed by atoms with E-state index in [9.17, 15) is 14.4 Å². The van der Waals surface area contributed by atoms with Crippen LogP contribution in [-0.4, -0.2) is 55.6 Å². The number of amides is 2. The highest BCUT2D eigenvalue weighted by molar-refractivity contribution is 7.99. The average molecular weight is 387 g/mol. The number of thioether (sulfide) groups is 1. The Kier molecular flexibility index (Phi) is 5.02. The highest BCUT2D eigenvalue weighted by Gasteiger charge is 2.28. The van der Waals surface area contributed by atoms with Gasteiger partial charge < -0.3 is 14.8 Å². The first-order chi connectivity index (χ1) is 13.1. The predicted molar refractivity (Wildman–Crippen MR) is 102 cm³/mol. The summed E-state index contributed by atoms with van der Waals surface area (Å²) >= 11 is 1.84. The first kappa shape index (κ1) is 17.8. The number of nitrogens with zero attached hydrogens (tertiary/aromatic N) is 3. The number of aromatic nitrogens is 3. The second kappa shape index (κ2) is 7.59. The number of carbonyl (C=O) groups is 2. The van der Waals surface area contributed by atoms with Crippen LogP contribution in [0, 0.1) is 0 Å². The van der Waals surface area contributed by atoms with E-state index < -0.39 is 0 Å². The maximum Gasteiger partial charge on any atom is 0.272 e. The van der Waals surface area contributed by atoms with Gasteiger partial charge in [-0.3, -0.25) is 19.5 Å². The van der Waals surface area contributed by atoms with E-state index in [2.05, 4.69) is 15.5 Å². The first-order valence-corrected chi connectivity index (χ1v) is 10.2. The summed E-state index contributed by atoms with van der Waals surface area (Å²) in [4.78, 5) is 38.5. The molecule has 0 saturated carbocycles. The van der Waals surface area contributed by atoms with E-state index in [-0.39, 0.29) is 30.0 Å². The van der Waals surface area contributed by atoms with Gasteiger partial charge in [-0.05, 0) is 24.7 Å². The molecular weight excluding hydrogens is 366 g/mol. The molecule has 1 unspecified atom stereocenters. The zero-order valence-corrected chi connectivity index (χ0v) is 15.6. The van der Waals surface area contributed by atoms with Gasteiger partial charge in [0.2, 0.25) is 5.91 Å². The number of carbonyl (C=O) groups excluding carboxylic acids is 2. The van der Waals surface area contributed by atoms with E-state index in [1.807, 2.05) is 11.8 Å². The summed E-state index contributed by atoms with van der Waals surface area (Å²) in [6.07, 6.45) is 3.17. The Morgan fingerprint density at radius 1 is 1.37 bits per heavy atom. The lowest BCUT2D eigenvalue weighted by molar-refractivity contribution is -0.132. The van der Waals surface area contributed by atoms with Gasteiger partial charge in [-0.1, -0.05) is 6.07 Å². The number of hydrogen-bond acceptors (Lipinski definition) is 5. The van der Waals surface area contributed by atoms with Crippen molar-refractivity contribution < 1.29 is 9.59 Å². The number of rotatable bonds is 4. The Hall–Kier alpha value is -2.55. The Morgan fingerprint density at radius 3 is 3.04 bits per heavy atom. The van der Waals surface area contributed by atoms with E-state index in [1.165, 1.54) is 10.6 Å². The minimum atomic E-state index is -0.200. The van der Waals surface area contributed by atoms with Gasteiger partial charge in [0, 0.05) is 36.2 Å². The SMILES string of the molecule is O=C(NC1CCSC1)c1n[nH]c2c1CCN(C(=O)Cn1ccccc1=O)C2. The Bertz CT molecular complexity index is 916. The zero-order valence-electron chi connectivity index (χ0n) is 14.8. The molecular formula is C18H21N5O3S. The van der Waals surface area contributed by atoms with E-state index in [0.717, 1.165) is 29.2 Å². The van der Waals surface area contributed by atoms with Crippen LogP contribution in [0.2, 0.25) is 0 Å². The van der Waals surface area contributed by atoms with E-state index >= 15 is 0 Å². The van der Waals surface area contributed by atoms with Crippen molar-refractivity contribution in [2.24, 2.45) is 0 Å². The van der Waals surface area contributed by atoms with Crippen LogP contribution in [0.3, 0.4) is 0 Å². The number of H-pyrrole nitrogens is 1. The number of aromatic amines is 1. The lowest BCUT2D eigenvalue weighted by Crippen LogP contribution is -2.40. The van der Waals surface area contributed by atoms with Gasteiger partial charge in [0.1, 0.15) is 6.54 Å². The summed E-state index contributed by atoms with van der Waals surface area (Å²) in [5.41, 5.74) is 1.92. The molecule has 1 atom stereocenters. The van der Waals surface area contributed by atoms with Crippen molar-refractivity contribution in [3.8, 4) is 0 Å². The Balaban J connectivity index is 1.42. The third-order valence-corrected chi connectivity index (χ3v) is 6.13. The van der Waals surface area contributed by atoms with E-state index in [1.54, 1.807) is 23.2 Å². The van der Waals surface area contributed by atoms with Gasteiger partial charge in [-0.2, -0.15) is 16.9 Å². The summed E-state index contributed by atoms with van der Waals surface area (Å²) in [5, 5.41) is 10.2. The molecule has 8 nitrogen and oxygen atoms in total. The summed E-state index contributed by atoms with van der Waals surface area (Å²) in [5.74, 6) is 1.75. The van der Waals surface area contributed by atoms with Crippen molar-refractivity contribution in [3.63, 3.8) is 0 Å². The number of nitrogens with one attached hydrogen (secondary N) is 2. The lowest BCUT2D eigenvalue weighted by Gasteiger charge is -2.27. The fourth-order valence-corrected chi connectivity index (χ4v) is 4.61. The number of hydrogen-bond donors (Lipinski definition) is 2. The monoisotopic (exact) mass is 387 g/mol. The normalized spacial score (nSPS) is 19.0. The largest absolute Gasteiger partial charge is 0.347 e. The molecule has 4 heterocycles. The van der Waals surface area contributed by atoms with Crippen LogP contribution in [0.25, 0.3) is 0 Å². The van der Waals surface area contributed by atoms with E-state index in [0.29, 0.717) is 25.2 Å². The molecule has 0 aliphatic carbocycles. The topological polar surface area (TPSA) is 100 Å². The second-order valence-electron chi connectivity index (χ2n) is 6.80. The van der Waals surface area contributed by atoms with Gasteiger partial charge in [0.15, 0.2) is 5.69 Å². The Morgan fingerprint density at radius 2 is 2.26 bits per heavy atom. The molecule has 142 valence electrons. The van der Waals surface area contributed by atoms with Gasteiger partial charge in [-0.15, -0.1) is 0 Å². The summed E-state index contributed by atoms with van der Waals surface area (Å²) in [6, 6.07) is 5.02. The highest BCUT2D eigenvalue weighted by Crippen LogP contribution is 2.22. The minimum absolute atomic E-state index is 0.00976. The van der Waals surface area contributed by atoms with Crippen LogP contribution in [0.4, 0.5) is 0 Å². The van der Waals surface area contributed by atoms with Crippen LogP contribution in [-0.2, 0) is 24.3 Å². The van der Waals surface area contributed by atoms with Crippen LogP contribution in [0.1, 0.15) is 28.2 Å². The molecule has 4 rings (SSSR count). The molecule has 1 saturated heterocycles. The van der Waals surface area contributed by atoms with Crippen molar-refractivity contribution in [3.05, 3.63) is 51.7 Å². The molecule has 1 fully saturated rings. The summed E-state index contributed by atoms with van der Waals surface area (Å²) < 4.78 is 1.39. The molecule has 2 aliphatic rings. The smallest absolute Gasteiger partial charge is 0.272 e. The maximum atomic E-state index is 12.6. The van der Waals surface area contributed by atoms with Crippen LogP contribution in [0.5, 0.6) is 0 Å². The van der Waals surface area contributed by atoms with Crippen molar-refractivity contribution in [1.29, 1.82) is 0 Å². The third-order valence-electron chi connectivity index (χ3n) is 4.97. The van der Waals surface area contributed by atoms with Crippen molar-refractivity contribution in [2.45, 2.75) is 32.0 Å². The third kappa shape index (κ3) is 3.78. The maximum absolute atomic E-state index is 12.6. The fraction of sp³-hybridized carbons (Fsp3) is 0.444. The Labute approximate surface area is 160 Å². The molecule has 27 heavy (non-hydrogen) atoms. The molecule has 0 aromatic carbocycles. The van der Waals surface area contributed by atoms with Crippen LogP contribution >= 0.6 is 11.8 Å². The van der Waals surface area contributed by atoms with Crippen LogP contribution in [0.15, 0.2) is 29.2 Å². The molecule has 2 aliphatic heterocycles. The molecule has 0 bridgehead atoms. The quantitative estimate of drug-likeness (QED) is 0.791.